The van der Waals surface area contributed by atoms with E-state index in [1.807, 2.05) is 42.5 Å². The molecule has 8 heteroatoms. The number of hydrogen-bond acceptors (Lipinski definition) is 4. The summed E-state index contributed by atoms with van der Waals surface area (Å²) in [6.45, 7) is 0.344. The van der Waals surface area contributed by atoms with Crippen molar-refractivity contribution < 1.29 is 14.4 Å². The van der Waals surface area contributed by atoms with Crippen LogP contribution in [0, 0.1) is 0 Å². The van der Waals surface area contributed by atoms with Crippen molar-refractivity contribution in [2.45, 2.75) is 13.1 Å². The molecule has 32 heavy (non-hydrogen) atoms. The Bertz CT molecular complexity index is 1100. The molecule has 0 fully saturated rings. The number of anilines is 2. The SMILES string of the molecule is O=C(CN1C(=O)CN(C(=O)NCc2ccccc2)c2ccccc21)NCc1ccccn1. The molecule has 0 atom stereocenters. The van der Waals surface area contributed by atoms with Crippen LogP contribution in [0.4, 0.5) is 16.2 Å². The molecule has 1 aliphatic rings. The summed E-state index contributed by atoms with van der Waals surface area (Å²) in [5, 5.41) is 5.64. The third-order valence-electron chi connectivity index (χ3n) is 5.08. The molecule has 0 radical (unpaired) electrons. The summed E-state index contributed by atoms with van der Waals surface area (Å²) in [6, 6.07) is 21.7. The summed E-state index contributed by atoms with van der Waals surface area (Å²) in [4.78, 5) is 45.2. The maximum atomic E-state index is 12.9. The molecule has 0 saturated carbocycles. The molecule has 162 valence electrons. The van der Waals surface area contributed by atoms with E-state index < -0.39 is 0 Å². The van der Waals surface area contributed by atoms with E-state index in [9.17, 15) is 14.4 Å². The zero-order valence-corrected chi connectivity index (χ0v) is 17.4. The van der Waals surface area contributed by atoms with Crippen LogP contribution in [0.25, 0.3) is 0 Å². The first-order chi connectivity index (χ1) is 15.6. The Hall–Kier alpha value is -4.20. The molecule has 2 N–H and O–H groups in total. The standard InChI is InChI=1S/C24H23N5O3/c30-22(26-15-19-10-6-7-13-25-19)16-28-20-11-4-5-12-21(20)29(17-23(28)31)24(32)27-14-18-8-2-1-3-9-18/h1-13H,14-17H2,(H,26,30)(H,27,32). The highest BCUT2D eigenvalue weighted by Gasteiger charge is 2.33. The molecule has 8 nitrogen and oxygen atoms in total. The van der Waals surface area contributed by atoms with E-state index in [-0.39, 0.29) is 37.5 Å². The van der Waals surface area contributed by atoms with Crippen LogP contribution >= 0.6 is 0 Å². The minimum absolute atomic E-state index is 0.137. The zero-order valence-electron chi connectivity index (χ0n) is 17.4. The summed E-state index contributed by atoms with van der Waals surface area (Å²) >= 11 is 0. The highest BCUT2D eigenvalue weighted by molar-refractivity contribution is 6.12. The van der Waals surface area contributed by atoms with Crippen molar-refractivity contribution in [2.75, 3.05) is 22.9 Å². The predicted octanol–water partition coefficient (Wildman–Crippen LogP) is 2.46. The number of carbonyl (C=O) groups is 3. The van der Waals surface area contributed by atoms with Gasteiger partial charge in [0.1, 0.15) is 13.1 Å². The van der Waals surface area contributed by atoms with Crippen LogP contribution in [0.3, 0.4) is 0 Å². The first-order valence-electron chi connectivity index (χ1n) is 10.3. The molecule has 1 aromatic heterocycles. The molecule has 4 rings (SSSR count). The average Bonchev–Trinajstić information content (AvgIpc) is 2.84. The van der Waals surface area contributed by atoms with Crippen molar-refractivity contribution in [1.82, 2.24) is 15.6 Å². The first kappa shape index (κ1) is 21.0. The topological polar surface area (TPSA) is 94.6 Å². The van der Waals surface area contributed by atoms with E-state index in [1.165, 1.54) is 9.80 Å². The number of benzene rings is 2. The number of carbonyl (C=O) groups excluding carboxylic acids is 3. The number of nitrogens with one attached hydrogen (secondary N) is 2. The third kappa shape index (κ3) is 4.92. The maximum absolute atomic E-state index is 12.9. The van der Waals surface area contributed by atoms with Gasteiger partial charge in [-0.05, 0) is 29.8 Å². The van der Waals surface area contributed by atoms with Crippen LogP contribution in [-0.2, 0) is 22.7 Å². The molecule has 0 spiro atoms. The molecule has 0 unspecified atom stereocenters. The lowest BCUT2D eigenvalue weighted by Crippen LogP contribution is -2.53. The highest BCUT2D eigenvalue weighted by atomic mass is 16.2. The van der Waals surface area contributed by atoms with Gasteiger partial charge in [0.15, 0.2) is 0 Å². The van der Waals surface area contributed by atoms with Gasteiger partial charge in [-0.25, -0.2) is 4.79 Å². The molecule has 1 aliphatic heterocycles. The summed E-state index contributed by atoms with van der Waals surface area (Å²) < 4.78 is 0. The highest BCUT2D eigenvalue weighted by Crippen LogP contribution is 2.33. The Morgan fingerprint density at radius 1 is 0.844 bits per heavy atom. The molecule has 2 heterocycles. The van der Waals surface area contributed by atoms with E-state index in [2.05, 4.69) is 15.6 Å². The van der Waals surface area contributed by atoms with Gasteiger partial charge in [-0.3, -0.25) is 24.4 Å². The number of urea groups is 1. The largest absolute Gasteiger partial charge is 0.349 e. The van der Waals surface area contributed by atoms with E-state index in [4.69, 9.17) is 0 Å². The van der Waals surface area contributed by atoms with Crippen molar-refractivity contribution in [3.05, 3.63) is 90.3 Å². The van der Waals surface area contributed by atoms with Gasteiger partial charge in [0.05, 0.1) is 23.6 Å². The van der Waals surface area contributed by atoms with Crippen molar-refractivity contribution >= 4 is 29.2 Å². The lowest BCUT2D eigenvalue weighted by atomic mass is 10.1. The maximum Gasteiger partial charge on any atom is 0.322 e. The zero-order chi connectivity index (χ0) is 22.3. The third-order valence-corrected chi connectivity index (χ3v) is 5.08. The van der Waals surface area contributed by atoms with Crippen LogP contribution in [0.5, 0.6) is 0 Å². The number of para-hydroxylation sites is 2. The molecule has 4 amide bonds. The Morgan fingerprint density at radius 3 is 2.31 bits per heavy atom. The number of amides is 4. The lowest BCUT2D eigenvalue weighted by Gasteiger charge is -2.35. The number of rotatable bonds is 6. The normalized spacial score (nSPS) is 12.8. The van der Waals surface area contributed by atoms with Crippen molar-refractivity contribution in [3.8, 4) is 0 Å². The van der Waals surface area contributed by atoms with Crippen LogP contribution in [-0.4, -0.2) is 35.9 Å². The molecule has 2 aromatic carbocycles. The molecule has 0 saturated heterocycles. The average molecular weight is 429 g/mol. The van der Waals surface area contributed by atoms with Crippen molar-refractivity contribution in [2.24, 2.45) is 0 Å². The van der Waals surface area contributed by atoms with Crippen LogP contribution in [0.1, 0.15) is 11.3 Å². The van der Waals surface area contributed by atoms with Crippen LogP contribution in [0.2, 0.25) is 0 Å². The number of fused-ring (bicyclic) bond motifs is 1. The van der Waals surface area contributed by atoms with Gasteiger partial charge in [-0.1, -0.05) is 48.5 Å². The van der Waals surface area contributed by atoms with E-state index in [1.54, 1.807) is 36.5 Å². The second-order valence-corrected chi connectivity index (χ2v) is 7.30. The first-order valence-corrected chi connectivity index (χ1v) is 10.3. The lowest BCUT2D eigenvalue weighted by molar-refractivity contribution is -0.123. The Kier molecular flexibility index (Phi) is 6.41. The van der Waals surface area contributed by atoms with Gasteiger partial charge in [0.2, 0.25) is 11.8 Å². The second kappa shape index (κ2) is 9.74. The number of nitrogens with zero attached hydrogens (tertiary/aromatic N) is 3. The number of hydrogen-bond donors (Lipinski definition) is 2. The minimum Gasteiger partial charge on any atom is -0.349 e. The van der Waals surface area contributed by atoms with E-state index in [0.29, 0.717) is 17.9 Å². The summed E-state index contributed by atoms with van der Waals surface area (Å²) in [5.74, 6) is -0.632. The fourth-order valence-corrected chi connectivity index (χ4v) is 3.48. The smallest absolute Gasteiger partial charge is 0.322 e. The Labute approximate surface area is 185 Å². The molecule has 3 aromatic rings. The Morgan fingerprint density at radius 2 is 1.56 bits per heavy atom. The molecule has 0 aliphatic carbocycles. The van der Waals surface area contributed by atoms with Crippen molar-refractivity contribution in [1.29, 1.82) is 0 Å². The monoisotopic (exact) mass is 429 g/mol. The molecular weight excluding hydrogens is 406 g/mol. The van der Waals surface area contributed by atoms with Crippen molar-refractivity contribution in [3.63, 3.8) is 0 Å². The van der Waals surface area contributed by atoms with E-state index >= 15 is 0 Å². The van der Waals surface area contributed by atoms with Gasteiger partial charge in [0.25, 0.3) is 0 Å². The van der Waals surface area contributed by atoms with Gasteiger partial charge in [-0.2, -0.15) is 0 Å². The van der Waals surface area contributed by atoms with Crippen LogP contribution in [0.15, 0.2) is 79.0 Å². The van der Waals surface area contributed by atoms with Crippen LogP contribution < -0.4 is 20.4 Å². The fourth-order valence-electron chi connectivity index (χ4n) is 3.48. The minimum atomic E-state index is -0.367. The second-order valence-electron chi connectivity index (χ2n) is 7.30. The summed E-state index contributed by atoms with van der Waals surface area (Å²) in [6.07, 6.45) is 1.66. The summed E-state index contributed by atoms with van der Waals surface area (Å²) in [7, 11) is 0. The summed E-state index contributed by atoms with van der Waals surface area (Å²) in [5.41, 5.74) is 2.79. The number of aromatic nitrogens is 1. The molecule has 0 bridgehead atoms. The van der Waals surface area contributed by atoms with Gasteiger partial charge in [-0.15, -0.1) is 0 Å². The van der Waals surface area contributed by atoms with Gasteiger partial charge >= 0.3 is 6.03 Å². The Balaban J connectivity index is 1.44. The van der Waals surface area contributed by atoms with Gasteiger partial charge in [0, 0.05) is 12.7 Å². The fraction of sp³-hybridized carbons (Fsp3) is 0.167. The van der Waals surface area contributed by atoms with E-state index in [0.717, 1.165) is 11.3 Å². The van der Waals surface area contributed by atoms with Gasteiger partial charge < -0.3 is 10.6 Å². The predicted molar refractivity (Wildman–Crippen MR) is 121 cm³/mol. The number of pyridine rings is 1. The molecular formula is C24H23N5O3. The quantitative estimate of drug-likeness (QED) is 0.629.